The van der Waals surface area contributed by atoms with Gasteiger partial charge in [0.15, 0.2) is 0 Å². The van der Waals surface area contributed by atoms with E-state index < -0.39 is 11.7 Å². The minimum absolute atomic E-state index is 0.175. The largest absolute Gasteiger partial charge is 0.416 e. The van der Waals surface area contributed by atoms with E-state index in [-0.39, 0.29) is 17.6 Å². The van der Waals surface area contributed by atoms with Crippen LogP contribution in [0.4, 0.5) is 13.2 Å². The molecule has 0 fully saturated rings. The SMILES string of the molecule is Cc1c(-c2cc(C(F)(F)F)cc3[nH]ncc23)ccc(=O)n1CC#N. The highest BCUT2D eigenvalue weighted by molar-refractivity contribution is 5.95. The molecule has 0 atom stereocenters. The van der Waals surface area contributed by atoms with Crippen molar-refractivity contribution in [3.05, 3.63) is 52.1 Å². The van der Waals surface area contributed by atoms with Crippen molar-refractivity contribution in [2.75, 3.05) is 0 Å². The Kier molecular flexibility index (Phi) is 3.64. The van der Waals surface area contributed by atoms with Crippen LogP contribution in [0.2, 0.25) is 0 Å². The summed E-state index contributed by atoms with van der Waals surface area (Å²) < 4.78 is 40.7. The van der Waals surface area contributed by atoms with Gasteiger partial charge < -0.3 is 0 Å². The molecule has 8 heteroatoms. The molecule has 2 aromatic heterocycles. The van der Waals surface area contributed by atoms with Crippen LogP contribution >= 0.6 is 0 Å². The molecule has 0 saturated carbocycles. The second-order valence-electron chi connectivity index (χ2n) is 5.27. The summed E-state index contributed by atoms with van der Waals surface area (Å²) in [7, 11) is 0. The standard InChI is InChI=1S/C16H11F3N4O/c1-9-11(2-3-15(24)23(9)5-4-20)12-6-10(16(17,18)19)7-14-13(12)8-21-22-14/h2-3,6-8H,5H2,1H3,(H,21,22). The molecule has 3 aromatic rings. The number of hydrogen-bond acceptors (Lipinski definition) is 3. The number of fused-ring (bicyclic) bond motifs is 1. The first-order valence-corrected chi connectivity index (χ1v) is 6.95. The third-order valence-corrected chi connectivity index (χ3v) is 3.86. The zero-order chi connectivity index (χ0) is 17.5. The Morgan fingerprint density at radius 2 is 2.04 bits per heavy atom. The van der Waals surface area contributed by atoms with Crippen molar-refractivity contribution in [1.82, 2.24) is 14.8 Å². The Labute approximate surface area is 134 Å². The molecule has 0 aliphatic rings. The minimum Gasteiger partial charge on any atom is -0.299 e. The molecule has 3 rings (SSSR count). The van der Waals surface area contributed by atoms with Gasteiger partial charge in [0, 0.05) is 22.7 Å². The van der Waals surface area contributed by atoms with Gasteiger partial charge in [-0.3, -0.25) is 14.5 Å². The first kappa shape index (κ1) is 15.8. The number of rotatable bonds is 2. The number of alkyl halides is 3. The van der Waals surface area contributed by atoms with E-state index in [2.05, 4.69) is 10.2 Å². The maximum atomic E-state index is 13.1. The first-order chi connectivity index (χ1) is 11.3. The lowest BCUT2D eigenvalue weighted by Gasteiger charge is -2.14. The molecule has 5 nitrogen and oxygen atoms in total. The molecule has 0 radical (unpaired) electrons. The molecule has 0 unspecified atom stereocenters. The lowest BCUT2D eigenvalue weighted by atomic mass is 9.97. The van der Waals surface area contributed by atoms with Crippen LogP contribution in [0.15, 0.2) is 35.3 Å². The number of halogens is 3. The zero-order valence-electron chi connectivity index (χ0n) is 12.5. The Morgan fingerprint density at radius 3 is 2.71 bits per heavy atom. The van der Waals surface area contributed by atoms with Gasteiger partial charge in [-0.2, -0.15) is 23.5 Å². The van der Waals surface area contributed by atoms with Crippen molar-refractivity contribution in [3.8, 4) is 17.2 Å². The number of hydrogen-bond donors (Lipinski definition) is 1. The van der Waals surface area contributed by atoms with E-state index in [9.17, 15) is 18.0 Å². The number of pyridine rings is 1. The fraction of sp³-hybridized carbons (Fsp3) is 0.188. The van der Waals surface area contributed by atoms with Gasteiger partial charge in [0.1, 0.15) is 6.54 Å². The van der Waals surface area contributed by atoms with Gasteiger partial charge in [0.25, 0.3) is 5.56 Å². The minimum atomic E-state index is -4.51. The van der Waals surface area contributed by atoms with E-state index >= 15 is 0 Å². The van der Waals surface area contributed by atoms with Crippen molar-refractivity contribution in [2.24, 2.45) is 0 Å². The van der Waals surface area contributed by atoms with Crippen LogP contribution in [0.1, 0.15) is 11.3 Å². The monoisotopic (exact) mass is 332 g/mol. The van der Waals surface area contributed by atoms with E-state index in [1.54, 1.807) is 6.92 Å². The number of nitrogens with zero attached hydrogens (tertiary/aromatic N) is 3. The maximum Gasteiger partial charge on any atom is 0.416 e. The van der Waals surface area contributed by atoms with E-state index in [1.165, 1.54) is 22.9 Å². The average molecular weight is 332 g/mol. The number of aromatic nitrogens is 3. The first-order valence-electron chi connectivity index (χ1n) is 6.95. The smallest absolute Gasteiger partial charge is 0.299 e. The second kappa shape index (κ2) is 5.53. The van der Waals surface area contributed by atoms with Crippen LogP contribution in [-0.2, 0) is 12.7 Å². The summed E-state index contributed by atoms with van der Waals surface area (Å²) in [6, 6.07) is 6.61. The Bertz CT molecular complexity index is 1020. The number of nitriles is 1. The van der Waals surface area contributed by atoms with Crippen molar-refractivity contribution < 1.29 is 13.2 Å². The van der Waals surface area contributed by atoms with Gasteiger partial charge in [-0.15, -0.1) is 0 Å². The number of benzene rings is 1. The lowest BCUT2D eigenvalue weighted by molar-refractivity contribution is -0.137. The van der Waals surface area contributed by atoms with Gasteiger partial charge in [-0.05, 0) is 30.7 Å². The molecule has 24 heavy (non-hydrogen) atoms. The number of aromatic amines is 1. The fourth-order valence-corrected chi connectivity index (χ4v) is 2.67. The molecular weight excluding hydrogens is 321 g/mol. The molecular formula is C16H11F3N4O. The van der Waals surface area contributed by atoms with Crippen LogP contribution in [0.5, 0.6) is 0 Å². The summed E-state index contributed by atoms with van der Waals surface area (Å²) in [6.45, 7) is 1.42. The van der Waals surface area contributed by atoms with Crippen molar-refractivity contribution in [1.29, 1.82) is 5.26 Å². The number of H-pyrrole nitrogens is 1. The van der Waals surface area contributed by atoms with Crippen molar-refractivity contribution in [2.45, 2.75) is 19.6 Å². The van der Waals surface area contributed by atoms with Gasteiger partial charge in [-0.25, -0.2) is 0 Å². The van der Waals surface area contributed by atoms with Crippen LogP contribution in [-0.4, -0.2) is 14.8 Å². The summed E-state index contributed by atoms with van der Waals surface area (Å²) in [4.78, 5) is 11.9. The normalized spacial score (nSPS) is 11.6. The summed E-state index contributed by atoms with van der Waals surface area (Å²) in [6.07, 6.45) is -3.08. The summed E-state index contributed by atoms with van der Waals surface area (Å²) in [5.74, 6) is 0. The average Bonchev–Trinajstić information content (AvgIpc) is 2.98. The summed E-state index contributed by atoms with van der Waals surface area (Å²) >= 11 is 0. The van der Waals surface area contributed by atoms with Crippen molar-refractivity contribution in [3.63, 3.8) is 0 Å². The lowest BCUT2D eigenvalue weighted by Crippen LogP contribution is -2.21. The van der Waals surface area contributed by atoms with E-state index in [1.807, 2.05) is 6.07 Å². The van der Waals surface area contributed by atoms with Crippen LogP contribution in [0, 0.1) is 18.3 Å². The van der Waals surface area contributed by atoms with Gasteiger partial charge in [-0.1, -0.05) is 0 Å². The Balaban J connectivity index is 2.34. The Morgan fingerprint density at radius 1 is 1.29 bits per heavy atom. The highest BCUT2D eigenvalue weighted by Gasteiger charge is 2.32. The third-order valence-electron chi connectivity index (χ3n) is 3.86. The molecule has 0 aliphatic heterocycles. The van der Waals surface area contributed by atoms with Gasteiger partial charge in [0.2, 0.25) is 0 Å². The molecule has 1 aromatic carbocycles. The molecule has 1 N–H and O–H groups in total. The van der Waals surface area contributed by atoms with Gasteiger partial charge in [0.05, 0.1) is 23.3 Å². The summed E-state index contributed by atoms with van der Waals surface area (Å²) in [5.41, 5.74) is 0.225. The molecule has 0 bridgehead atoms. The van der Waals surface area contributed by atoms with Crippen LogP contribution < -0.4 is 5.56 Å². The van der Waals surface area contributed by atoms with E-state index in [4.69, 9.17) is 5.26 Å². The van der Waals surface area contributed by atoms with Crippen LogP contribution in [0.3, 0.4) is 0 Å². The van der Waals surface area contributed by atoms with Gasteiger partial charge >= 0.3 is 6.18 Å². The molecule has 0 saturated heterocycles. The quantitative estimate of drug-likeness (QED) is 0.783. The Hall–Kier alpha value is -3.08. The molecule has 0 spiro atoms. The highest BCUT2D eigenvalue weighted by atomic mass is 19.4. The summed E-state index contributed by atoms with van der Waals surface area (Å²) in [5, 5.41) is 15.7. The van der Waals surface area contributed by atoms with Crippen molar-refractivity contribution >= 4 is 10.9 Å². The van der Waals surface area contributed by atoms with E-state index in [0.29, 0.717) is 22.2 Å². The zero-order valence-corrected chi connectivity index (χ0v) is 12.5. The topological polar surface area (TPSA) is 74.5 Å². The van der Waals surface area contributed by atoms with Crippen LogP contribution in [0.25, 0.3) is 22.0 Å². The third kappa shape index (κ3) is 2.54. The fourth-order valence-electron chi connectivity index (χ4n) is 2.67. The molecule has 0 amide bonds. The molecule has 2 heterocycles. The second-order valence-corrected chi connectivity index (χ2v) is 5.27. The predicted molar refractivity (Wildman–Crippen MR) is 81.1 cm³/mol. The number of nitrogens with one attached hydrogen (secondary N) is 1. The predicted octanol–water partition coefficient (Wildman–Crippen LogP) is 3.24. The highest BCUT2D eigenvalue weighted by Crippen LogP contribution is 2.37. The molecule has 0 aliphatic carbocycles. The molecule has 122 valence electrons. The van der Waals surface area contributed by atoms with E-state index in [0.717, 1.165) is 12.1 Å². The maximum absolute atomic E-state index is 13.1.